The number of carboxylic acids is 1. The molecule has 0 saturated carbocycles. The molecule has 4 heterocycles. The molecule has 10 nitrogen and oxygen atoms in total. The Balaban J connectivity index is 1.21. The van der Waals surface area contributed by atoms with Crippen LogP contribution in [0.1, 0.15) is 29.7 Å². The first-order chi connectivity index (χ1) is 16.4. The number of carbonyl (C=O) groups excluding carboxylic acids is 2. The maximum atomic E-state index is 12.9. The predicted molar refractivity (Wildman–Crippen MR) is 125 cm³/mol. The number of carbonyl (C=O) groups is 3. The van der Waals surface area contributed by atoms with Crippen molar-refractivity contribution in [3.05, 3.63) is 53.5 Å². The van der Waals surface area contributed by atoms with Gasteiger partial charge in [-0.1, -0.05) is 6.07 Å². The second-order valence-electron chi connectivity index (χ2n) is 8.92. The number of aromatic amines is 1. The van der Waals surface area contributed by atoms with E-state index < -0.39 is 18.0 Å². The number of fused-ring (bicyclic) bond motifs is 2. The van der Waals surface area contributed by atoms with Crippen molar-refractivity contribution in [1.29, 1.82) is 0 Å². The molecule has 10 heteroatoms. The molecule has 34 heavy (non-hydrogen) atoms. The lowest BCUT2D eigenvalue weighted by Gasteiger charge is -2.37. The van der Waals surface area contributed by atoms with Crippen LogP contribution >= 0.6 is 0 Å². The summed E-state index contributed by atoms with van der Waals surface area (Å²) < 4.78 is 0. The SMILES string of the molecule is Cc1cc(C[C@@H](NC(=O)N2CCC(N3C(=O)Cc4ncccc43)CC2)C(=O)O)cc2cn[nH]c12. The molecule has 0 spiro atoms. The topological polar surface area (TPSA) is 132 Å². The average molecular weight is 463 g/mol. The largest absolute Gasteiger partial charge is 0.480 e. The summed E-state index contributed by atoms with van der Waals surface area (Å²) in [6, 6.07) is 6.08. The number of amides is 3. The summed E-state index contributed by atoms with van der Waals surface area (Å²) in [5, 5.41) is 20.3. The number of hydrogen-bond donors (Lipinski definition) is 3. The number of H-pyrrole nitrogens is 1. The Morgan fingerprint density at radius 3 is 2.85 bits per heavy atom. The molecule has 2 aliphatic heterocycles. The Morgan fingerprint density at radius 2 is 2.09 bits per heavy atom. The van der Waals surface area contributed by atoms with E-state index in [-0.39, 0.29) is 18.4 Å². The minimum atomic E-state index is -1.08. The number of carboxylic acid groups (broad SMARTS) is 1. The van der Waals surface area contributed by atoms with Gasteiger partial charge in [-0.3, -0.25) is 14.9 Å². The highest BCUT2D eigenvalue weighted by molar-refractivity contribution is 6.01. The summed E-state index contributed by atoms with van der Waals surface area (Å²) in [7, 11) is 0. The van der Waals surface area contributed by atoms with Crippen molar-refractivity contribution in [1.82, 2.24) is 25.4 Å². The first kappa shape index (κ1) is 21.9. The van der Waals surface area contributed by atoms with Gasteiger partial charge in [-0.15, -0.1) is 0 Å². The second kappa shape index (κ2) is 8.77. The van der Waals surface area contributed by atoms with E-state index in [4.69, 9.17) is 0 Å². The van der Waals surface area contributed by atoms with Crippen LogP contribution in [0.2, 0.25) is 0 Å². The zero-order valence-electron chi connectivity index (χ0n) is 18.8. The van der Waals surface area contributed by atoms with E-state index in [1.807, 2.05) is 36.1 Å². The normalized spacial score (nSPS) is 17.1. The van der Waals surface area contributed by atoms with E-state index >= 15 is 0 Å². The number of rotatable bonds is 5. The molecule has 3 aromatic rings. The zero-order chi connectivity index (χ0) is 23.8. The Bertz CT molecular complexity index is 1260. The van der Waals surface area contributed by atoms with Crippen molar-refractivity contribution in [3.8, 4) is 0 Å². The highest BCUT2D eigenvalue weighted by atomic mass is 16.4. The number of aryl methyl sites for hydroxylation is 1. The number of likely N-dealkylation sites (tertiary alicyclic amines) is 1. The maximum Gasteiger partial charge on any atom is 0.326 e. The molecule has 0 radical (unpaired) electrons. The quantitative estimate of drug-likeness (QED) is 0.532. The molecule has 2 aliphatic rings. The van der Waals surface area contributed by atoms with Crippen LogP contribution in [0.15, 0.2) is 36.7 Å². The summed E-state index contributed by atoms with van der Waals surface area (Å²) >= 11 is 0. The van der Waals surface area contributed by atoms with Crippen molar-refractivity contribution < 1.29 is 19.5 Å². The molecular weight excluding hydrogens is 436 g/mol. The Hall–Kier alpha value is -3.95. The Labute approximate surface area is 196 Å². The molecule has 176 valence electrons. The molecule has 3 amide bonds. The Morgan fingerprint density at radius 1 is 1.29 bits per heavy atom. The van der Waals surface area contributed by atoms with Crippen LogP contribution in [-0.4, -0.2) is 68.3 Å². The fourth-order valence-electron chi connectivity index (χ4n) is 4.98. The number of hydrogen-bond acceptors (Lipinski definition) is 5. The molecule has 0 aliphatic carbocycles. The lowest BCUT2D eigenvalue weighted by molar-refractivity contribution is -0.139. The van der Waals surface area contributed by atoms with Gasteiger partial charge in [0.05, 0.1) is 29.5 Å². The van der Waals surface area contributed by atoms with Gasteiger partial charge in [-0.25, -0.2) is 9.59 Å². The van der Waals surface area contributed by atoms with Gasteiger partial charge in [-0.05, 0) is 49.1 Å². The van der Waals surface area contributed by atoms with Gasteiger partial charge in [0, 0.05) is 37.1 Å². The summed E-state index contributed by atoms with van der Waals surface area (Å²) in [5.74, 6) is -1.05. The number of benzene rings is 1. The lowest BCUT2D eigenvalue weighted by Crippen LogP contribution is -2.53. The fraction of sp³-hybridized carbons (Fsp3) is 0.375. The van der Waals surface area contributed by atoms with Crippen molar-refractivity contribution in [3.63, 3.8) is 0 Å². The number of anilines is 1. The third-order valence-electron chi connectivity index (χ3n) is 6.67. The minimum absolute atomic E-state index is 0.00179. The summed E-state index contributed by atoms with van der Waals surface area (Å²) in [4.78, 5) is 45.1. The van der Waals surface area contributed by atoms with E-state index in [0.29, 0.717) is 32.4 Å². The molecule has 1 aromatic carbocycles. The smallest absolute Gasteiger partial charge is 0.326 e. The van der Waals surface area contributed by atoms with Gasteiger partial charge >= 0.3 is 12.0 Å². The molecule has 2 aromatic heterocycles. The van der Waals surface area contributed by atoms with Crippen LogP contribution in [0.3, 0.4) is 0 Å². The van der Waals surface area contributed by atoms with Gasteiger partial charge in [0.2, 0.25) is 5.91 Å². The van der Waals surface area contributed by atoms with Crippen molar-refractivity contribution in [2.24, 2.45) is 0 Å². The highest BCUT2D eigenvalue weighted by Gasteiger charge is 2.36. The molecule has 1 fully saturated rings. The van der Waals surface area contributed by atoms with Gasteiger partial charge in [0.25, 0.3) is 0 Å². The van der Waals surface area contributed by atoms with Gasteiger partial charge in [-0.2, -0.15) is 5.10 Å². The van der Waals surface area contributed by atoms with E-state index in [1.54, 1.807) is 17.3 Å². The Kier molecular flexibility index (Phi) is 5.64. The number of aromatic nitrogens is 3. The van der Waals surface area contributed by atoms with E-state index in [9.17, 15) is 19.5 Å². The number of pyridine rings is 1. The summed E-state index contributed by atoms with van der Waals surface area (Å²) in [6.07, 6.45) is 5.12. The molecule has 1 saturated heterocycles. The van der Waals surface area contributed by atoms with Crippen LogP contribution in [-0.2, 0) is 22.4 Å². The van der Waals surface area contributed by atoms with Crippen LogP contribution in [0.25, 0.3) is 10.9 Å². The van der Waals surface area contributed by atoms with Crippen molar-refractivity contribution >= 4 is 34.5 Å². The van der Waals surface area contributed by atoms with Gasteiger partial charge in [0.1, 0.15) is 6.04 Å². The van der Waals surface area contributed by atoms with Gasteiger partial charge < -0.3 is 20.2 Å². The fourth-order valence-corrected chi connectivity index (χ4v) is 4.98. The highest BCUT2D eigenvalue weighted by Crippen LogP contribution is 2.32. The van der Waals surface area contributed by atoms with E-state index in [2.05, 4.69) is 20.5 Å². The van der Waals surface area contributed by atoms with Crippen LogP contribution in [0.5, 0.6) is 0 Å². The predicted octanol–water partition coefficient (Wildman–Crippen LogP) is 2.03. The number of urea groups is 1. The zero-order valence-corrected chi connectivity index (χ0v) is 18.8. The third-order valence-corrected chi connectivity index (χ3v) is 6.67. The van der Waals surface area contributed by atoms with Gasteiger partial charge in [0.15, 0.2) is 0 Å². The standard InChI is InChI=1S/C24H26N6O4/c1-14-9-15(10-16-13-26-28-22(14)16)11-19(23(32)33)27-24(34)29-7-4-17(5-8-29)30-20-3-2-6-25-18(20)12-21(30)31/h2-3,6,9-10,13,17,19H,4-5,7-8,11-12H2,1H3,(H,26,28)(H,27,34)(H,32,33)/t19-/m1/s1. The van der Waals surface area contributed by atoms with Crippen LogP contribution in [0.4, 0.5) is 10.5 Å². The van der Waals surface area contributed by atoms with Crippen molar-refractivity contribution in [2.45, 2.75) is 44.7 Å². The first-order valence-electron chi connectivity index (χ1n) is 11.4. The number of nitrogens with zero attached hydrogens (tertiary/aromatic N) is 4. The molecule has 3 N–H and O–H groups in total. The van der Waals surface area contributed by atoms with Crippen LogP contribution < -0.4 is 10.2 Å². The first-order valence-corrected chi connectivity index (χ1v) is 11.4. The molecule has 0 unspecified atom stereocenters. The van der Waals surface area contributed by atoms with E-state index in [1.165, 1.54) is 0 Å². The second-order valence-corrected chi connectivity index (χ2v) is 8.92. The monoisotopic (exact) mass is 462 g/mol. The summed E-state index contributed by atoms with van der Waals surface area (Å²) in [5.41, 5.74) is 4.35. The average Bonchev–Trinajstić information content (AvgIpc) is 3.42. The molecular formula is C24H26N6O4. The number of nitrogens with one attached hydrogen (secondary N) is 2. The minimum Gasteiger partial charge on any atom is -0.480 e. The van der Waals surface area contributed by atoms with Crippen LogP contribution in [0, 0.1) is 6.92 Å². The molecule has 1 atom stereocenters. The van der Waals surface area contributed by atoms with E-state index in [0.717, 1.165) is 33.4 Å². The summed E-state index contributed by atoms with van der Waals surface area (Å²) in [6.45, 7) is 2.83. The third kappa shape index (κ3) is 4.07. The number of piperidine rings is 1. The number of aliphatic carboxylic acids is 1. The molecule has 0 bridgehead atoms. The maximum absolute atomic E-state index is 12.9. The lowest BCUT2D eigenvalue weighted by atomic mass is 10.0. The van der Waals surface area contributed by atoms with Crippen molar-refractivity contribution in [2.75, 3.05) is 18.0 Å². The molecule has 5 rings (SSSR count).